The number of nitro benzene ring substituents is 1. The van der Waals surface area contributed by atoms with Crippen LogP contribution in [0.2, 0.25) is 0 Å². The third-order valence-electron chi connectivity index (χ3n) is 3.01. The first-order valence-corrected chi connectivity index (χ1v) is 5.57. The second kappa shape index (κ2) is 5.03. The summed E-state index contributed by atoms with van der Waals surface area (Å²) in [5.74, 6) is -0.992. The Morgan fingerprint density at radius 3 is 2.61 bits per heavy atom. The van der Waals surface area contributed by atoms with E-state index in [0.29, 0.717) is 17.7 Å². The quantitative estimate of drug-likeness (QED) is 0.620. The van der Waals surface area contributed by atoms with Crippen LogP contribution >= 0.6 is 0 Å². The van der Waals surface area contributed by atoms with Gasteiger partial charge in [0.05, 0.1) is 4.92 Å². The number of nitro groups is 1. The average Bonchev–Trinajstić information content (AvgIpc) is 2.30. The molecule has 0 aliphatic carbocycles. The molecule has 0 bridgehead atoms. The van der Waals surface area contributed by atoms with Crippen LogP contribution in [0.1, 0.15) is 25.8 Å². The summed E-state index contributed by atoms with van der Waals surface area (Å²) in [7, 11) is 0. The van der Waals surface area contributed by atoms with E-state index in [-0.39, 0.29) is 5.69 Å². The largest absolute Gasteiger partial charge is 0.480 e. The normalized spacial score (nSPS) is 13.7. The average molecular weight is 252 g/mol. The van der Waals surface area contributed by atoms with E-state index in [0.717, 1.165) is 0 Å². The monoisotopic (exact) mass is 252 g/mol. The zero-order chi connectivity index (χ0) is 13.9. The number of carboxylic acid groups (broad SMARTS) is 1. The predicted molar refractivity (Wildman–Crippen MR) is 67.8 cm³/mol. The molecule has 0 saturated heterocycles. The lowest BCUT2D eigenvalue weighted by atomic mass is 9.98. The maximum atomic E-state index is 11.1. The van der Waals surface area contributed by atoms with Crippen LogP contribution in [0.3, 0.4) is 0 Å². The van der Waals surface area contributed by atoms with Crippen LogP contribution < -0.4 is 5.32 Å². The first kappa shape index (κ1) is 14.0. The maximum absolute atomic E-state index is 11.1. The van der Waals surface area contributed by atoms with Crippen LogP contribution in [-0.2, 0) is 4.79 Å². The number of carboxylic acids is 1. The smallest absolute Gasteiger partial charge is 0.329 e. The highest BCUT2D eigenvalue weighted by molar-refractivity contribution is 5.82. The van der Waals surface area contributed by atoms with Gasteiger partial charge >= 0.3 is 5.97 Å². The van der Waals surface area contributed by atoms with Gasteiger partial charge in [0.25, 0.3) is 5.69 Å². The van der Waals surface area contributed by atoms with Crippen LogP contribution in [0.15, 0.2) is 18.2 Å². The van der Waals surface area contributed by atoms with Crippen LogP contribution in [0.4, 0.5) is 11.4 Å². The second-order valence-electron chi connectivity index (χ2n) is 4.37. The summed E-state index contributed by atoms with van der Waals surface area (Å²) in [4.78, 5) is 21.5. The van der Waals surface area contributed by atoms with Crippen LogP contribution in [0, 0.1) is 17.0 Å². The van der Waals surface area contributed by atoms with Crippen molar-refractivity contribution in [2.75, 3.05) is 5.32 Å². The predicted octanol–water partition coefficient (Wildman–Crippen LogP) is 2.57. The fourth-order valence-corrected chi connectivity index (χ4v) is 1.50. The summed E-state index contributed by atoms with van der Waals surface area (Å²) < 4.78 is 0. The van der Waals surface area contributed by atoms with Gasteiger partial charge in [0.2, 0.25) is 0 Å². The number of rotatable bonds is 5. The van der Waals surface area contributed by atoms with E-state index in [1.807, 2.05) is 0 Å². The Labute approximate surface area is 105 Å². The molecule has 0 amide bonds. The van der Waals surface area contributed by atoms with Gasteiger partial charge in [-0.3, -0.25) is 10.1 Å². The van der Waals surface area contributed by atoms with E-state index < -0.39 is 16.4 Å². The standard InChI is InChI=1S/C12H16N2O4/c1-4-12(3,11(15)16)13-9-6-5-8(2)10(7-9)14(17)18/h5-7,13H,4H2,1-3H3,(H,15,16). The number of anilines is 1. The van der Waals surface area contributed by atoms with Crippen molar-refractivity contribution in [1.82, 2.24) is 0 Å². The highest BCUT2D eigenvalue weighted by Crippen LogP contribution is 2.25. The second-order valence-corrected chi connectivity index (χ2v) is 4.37. The zero-order valence-corrected chi connectivity index (χ0v) is 10.6. The van der Waals surface area contributed by atoms with E-state index in [2.05, 4.69) is 5.32 Å². The number of nitrogens with one attached hydrogen (secondary N) is 1. The molecule has 1 atom stereocenters. The van der Waals surface area contributed by atoms with E-state index in [1.165, 1.54) is 6.07 Å². The molecule has 0 aromatic heterocycles. The molecular weight excluding hydrogens is 236 g/mol. The SMILES string of the molecule is CCC(C)(Nc1ccc(C)c([N+](=O)[O-])c1)C(=O)O. The molecule has 0 saturated carbocycles. The molecule has 18 heavy (non-hydrogen) atoms. The molecule has 0 fully saturated rings. The molecule has 6 nitrogen and oxygen atoms in total. The third kappa shape index (κ3) is 2.77. The van der Waals surface area contributed by atoms with E-state index in [1.54, 1.807) is 32.9 Å². The van der Waals surface area contributed by atoms with Gasteiger partial charge < -0.3 is 10.4 Å². The molecule has 0 aliphatic heterocycles. The highest BCUT2D eigenvalue weighted by Gasteiger charge is 2.31. The van der Waals surface area contributed by atoms with Gasteiger partial charge in [0.1, 0.15) is 5.54 Å². The number of nitrogens with zero attached hydrogens (tertiary/aromatic N) is 1. The number of aliphatic carboxylic acids is 1. The van der Waals surface area contributed by atoms with Gasteiger partial charge in [-0.15, -0.1) is 0 Å². The number of benzene rings is 1. The Kier molecular flexibility index (Phi) is 3.90. The Bertz CT molecular complexity index is 487. The lowest BCUT2D eigenvalue weighted by molar-refractivity contribution is -0.385. The summed E-state index contributed by atoms with van der Waals surface area (Å²) in [6.07, 6.45) is 0.365. The van der Waals surface area contributed by atoms with Crippen LogP contribution in [0.5, 0.6) is 0 Å². The van der Waals surface area contributed by atoms with Crippen LogP contribution in [0.25, 0.3) is 0 Å². The van der Waals surface area contributed by atoms with E-state index in [4.69, 9.17) is 5.11 Å². The Morgan fingerprint density at radius 2 is 2.17 bits per heavy atom. The Hall–Kier alpha value is -2.11. The Balaban J connectivity index is 3.09. The molecular formula is C12H16N2O4. The van der Waals surface area contributed by atoms with E-state index >= 15 is 0 Å². The molecule has 1 unspecified atom stereocenters. The topological polar surface area (TPSA) is 92.5 Å². The van der Waals surface area contributed by atoms with Crippen LogP contribution in [-0.4, -0.2) is 21.5 Å². The molecule has 2 N–H and O–H groups in total. The first-order valence-electron chi connectivity index (χ1n) is 5.57. The highest BCUT2D eigenvalue weighted by atomic mass is 16.6. The van der Waals surface area contributed by atoms with Crippen molar-refractivity contribution < 1.29 is 14.8 Å². The first-order chi connectivity index (χ1) is 8.30. The van der Waals surface area contributed by atoms with Crippen molar-refractivity contribution in [3.8, 4) is 0 Å². The summed E-state index contributed by atoms with van der Waals surface area (Å²) in [5.41, 5.74) is -0.190. The minimum atomic E-state index is -1.14. The summed E-state index contributed by atoms with van der Waals surface area (Å²) in [6, 6.07) is 4.59. The van der Waals surface area contributed by atoms with Crippen molar-refractivity contribution in [3.63, 3.8) is 0 Å². The fraction of sp³-hybridized carbons (Fsp3) is 0.417. The van der Waals surface area contributed by atoms with Crippen molar-refractivity contribution in [2.45, 2.75) is 32.7 Å². The molecule has 0 aliphatic rings. The molecule has 1 aromatic carbocycles. The third-order valence-corrected chi connectivity index (χ3v) is 3.01. The molecule has 0 heterocycles. The van der Waals surface area contributed by atoms with Gasteiger partial charge in [-0.05, 0) is 26.3 Å². The molecule has 6 heteroatoms. The van der Waals surface area contributed by atoms with Gasteiger partial charge in [-0.1, -0.05) is 13.0 Å². The number of hydrogen-bond donors (Lipinski definition) is 2. The zero-order valence-electron chi connectivity index (χ0n) is 10.6. The molecule has 1 rings (SSSR count). The molecule has 0 spiro atoms. The fourth-order valence-electron chi connectivity index (χ4n) is 1.50. The summed E-state index contributed by atoms with van der Waals surface area (Å²) in [6.45, 7) is 4.92. The van der Waals surface area contributed by atoms with Crippen molar-refractivity contribution in [1.29, 1.82) is 0 Å². The number of carbonyl (C=O) groups is 1. The summed E-state index contributed by atoms with van der Waals surface area (Å²) >= 11 is 0. The maximum Gasteiger partial charge on any atom is 0.329 e. The molecule has 98 valence electrons. The molecule has 0 radical (unpaired) electrons. The van der Waals surface area contributed by atoms with Crippen molar-refractivity contribution in [2.24, 2.45) is 0 Å². The molecule has 1 aromatic rings. The minimum absolute atomic E-state index is 0.0242. The summed E-state index contributed by atoms with van der Waals surface area (Å²) in [5, 5.41) is 22.8. The minimum Gasteiger partial charge on any atom is -0.480 e. The number of hydrogen-bond acceptors (Lipinski definition) is 4. The van der Waals surface area contributed by atoms with E-state index in [9.17, 15) is 14.9 Å². The Morgan fingerprint density at radius 1 is 1.56 bits per heavy atom. The van der Waals surface area contributed by atoms with Gasteiger partial charge in [0.15, 0.2) is 0 Å². The lowest BCUT2D eigenvalue weighted by Crippen LogP contribution is -2.42. The van der Waals surface area contributed by atoms with Gasteiger partial charge in [-0.2, -0.15) is 0 Å². The van der Waals surface area contributed by atoms with Gasteiger partial charge in [-0.25, -0.2) is 4.79 Å². The van der Waals surface area contributed by atoms with Gasteiger partial charge in [0, 0.05) is 17.3 Å². The van der Waals surface area contributed by atoms with Crippen molar-refractivity contribution >= 4 is 17.3 Å². The lowest BCUT2D eigenvalue weighted by Gasteiger charge is -2.25. The van der Waals surface area contributed by atoms with Crippen molar-refractivity contribution in [3.05, 3.63) is 33.9 Å². The number of aryl methyl sites for hydroxylation is 1.